The molecular formula is C61H43BrO. The Kier molecular flexibility index (Phi) is 10.4. The lowest BCUT2D eigenvalue weighted by molar-refractivity contribution is 0.319. The minimum Gasteiger partial charge on any atom is -0.494 e. The SMILES string of the molecule is BrCCCOc1cc(-c2cc(-c3cccc4ccccc34)cc(-c3cccc4ccccc34)c2)cc(-c2cc(-c3cccc4ccccc34)cc(-c3cccc4ccccc34)c2)c1. The minimum atomic E-state index is 0.614. The monoisotopic (exact) mass is 870 g/mol. The van der Waals surface area contributed by atoms with E-state index in [0.717, 1.165) is 39.8 Å². The predicted molar refractivity (Wildman–Crippen MR) is 273 cm³/mol. The van der Waals surface area contributed by atoms with Crippen LogP contribution in [0.1, 0.15) is 6.42 Å². The van der Waals surface area contributed by atoms with Gasteiger partial charge in [0.25, 0.3) is 0 Å². The van der Waals surface area contributed by atoms with E-state index in [0.29, 0.717) is 6.61 Å². The highest BCUT2D eigenvalue weighted by Crippen LogP contribution is 2.43. The van der Waals surface area contributed by atoms with Crippen molar-refractivity contribution in [2.45, 2.75) is 6.42 Å². The van der Waals surface area contributed by atoms with Crippen molar-refractivity contribution in [2.24, 2.45) is 0 Å². The topological polar surface area (TPSA) is 9.23 Å². The van der Waals surface area contributed by atoms with Crippen molar-refractivity contribution in [1.29, 1.82) is 0 Å². The highest BCUT2D eigenvalue weighted by Gasteiger charge is 2.16. The number of hydrogen-bond donors (Lipinski definition) is 0. The third-order valence-electron chi connectivity index (χ3n) is 12.4. The van der Waals surface area contributed by atoms with Crippen molar-refractivity contribution >= 4 is 59.0 Å². The average Bonchev–Trinajstić information content (AvgIpc) is 3.35. The van der Waals surface area contributed by atoms with E-state index < -0.39 is 0 Å². The van der Waals surface area contributed by atoms with Crippen LogP contribution >= 0.6 is 15.9 Å². The first kappa shape index (κ1) is 38.6. The predicted octanol–water partition coefficient (Wildman–Crippen LogP) is 17.5. The van der Waals surface area contributed by atoms with Crippen molar-refractivity contribution in [2.75, 3.05) is 11.9 Å². The van der Waals surface area contributed by atoms with Gasteiger partial charge >= 0.3 is 0 Å². The molecule has 0 saturated heterocycles. The Hall–Kier alpha value is -7.26. The van der Waals surface area contributed by atoms with E-state index in [1.165, 1.54) is 87.6 Å². The molecule has 2 heteroatoms. The Balaban J connectivity index is 1.16. The highest BCUT2D eigenvalue weighted by molar-refractivity contribution is 9.09. The fourth-order valence-electron chi connectivity index (χ4n) is 9.38. The number of halogens is 1. The van der Waals surface area contributed by atoms with Crippen molar-refractivity contribution < 1.29 is 4.74 Å². The number of fused-ring (bicyclic) bond motifs is 4. The van der Waals surface area contributed by atoms with Crippen molar-refractivity contribution in [3.63, 3.8) is 0 Å². The molecule has 0 bridgehead atoms. The van der Waals surface area contributed by atoms with Gasteiger partial charge in [-0.05, 0) is 171 Å². The summed E-state index contributed by atoms with van der Waals surface area (Å²) in [6, 6.07) is 82.4. The molecule has 0 heterocycles. The second-order valence-corrected chi connectivity index (χ2v) is 17.1. The number of rotatable bonds is 10. The van der Waals surface area contributed by atoms with E-state index in [4.69, 9.17) is 4.74 Å². The van der Waals surface area contributed by atoms with Gasteiger partial charge in [-0.3, -0.25) is 0 Å². The largest absolute Gasteiger partial charge is 0.494 e. The van der Waals surface area contributed by atoms with Gasteiger partial charge in [0.2, 0.25) is 0 Å². The quantitative estimate of drug-likeness (QED) is 0.0983. The lowest BCUT2D eigenvalue weighted by Crippen LogP contribution is -1.98. The third-order valence-corrected chi connectivity index (χ3v) is 12.9. The molecule has 0 unspecified atom stereocenters. The molecule has 0 N–H and O–H groups in total. The fourth-order valence-corrected chi connectivity index (χ4v) is 9.61. The fraction of sp³-hybridized carbons (Fsp3) is 0.0492. The molecule has 0 spiro atoms. The Morgan fingerprint density at radius 2 is 0.556 bits per heavy atom. The lowest BCUT2D eigenvalue weighted by atomic mass is 9.88. The third kappa shape index (κ3) is 7.58. The summed E-state index contributed by atoms with van der Waals surface area (Å²) in [5.74, 6) is 0.855. The van der Waals surface area contributed by atoms with Gasteiger partial charge in [-0.2, -0.15) is 0 Å². The Labute approximate surface area is 377 Å². The van der Waals surface area contributed by atoms with Gasteiger partial charge in [0, 0.05) is 5.33 Å². The summed E-state index contributed by atoms with van der Waals surface area (Å²) in [4.78, 5) is 0. The number of alkyl halides is 1. The number of ether oxygens (including phenoxy) is 1. The molecule has 63 heavy (non-hydrogen) atoms. The molecule has 0 radical (unpaired) electrons. The number of hydrogen-bond acceptors (Lipinski definition) is 1. The summed E-state index contributed by atoms with van der Waals surface area (Å²) in [5.41, 5.74) is 14.0. The molecule has 0 aliphatic heterocycles. The van der Waals surface area contributed by atoms with Crippen LogP contribution in [0.15, 0.2) is 224 Å². The summed E-state index contributed by atoms with van der Waals surface area (Å²) in [5, 5.41) is 10.7. The molecule has 0 saturated carbocycles. The second kappa shape index (κ2) is 16.9. The Morgan fingerprint density at radius 1 is 0.286 bits per heavy atom. The molecule has 1 nitrogen and oxygen atoms in total. The first-order valence-electron chi connectivity index (χ1n) is 21.7. The van der Waals surface area contributed by atoms with E-state index in [1.54, 1.807) is 0 Å². The summed E-state index contributed by atoms with van der Waals surface area (Å²) in [6.07, 6.45) is 0.906. The van der Waals surface area contributed by atoms with Crippen molar-refractivity contribution in [3.05, 3.63) is 224 Å². The molecule has 0 amide bonds. The Morgan fingerprint density at radius 3 is 0.889 bits per heavy atom. The summed E-state index contributed by atoms with van der Waals surface area (Å²) < 4.78 is 6.63. The zero-order chi connectivity index (χ0) is 42.1. The van der Waals surface area contributed by atoms with Crippen LogP contribution in [0.5, 0.6) is 5.75 Å². The maximum atomic E-state index is 6.63. The van der Waals surface area contributed by atoms with Crippen LogP contribution in [0.4, 0.5) is 0 Å². The van der Waals surface area contributed by atoms with Crippen LogP contribution in [0.25, 0.3) is 110 Å². The average molecular weight is 872 g/mol. The normalized spacial score (nSPS) is 11.4. The van der Waals surface area contributed by atoms with Gasteiger partial charge < -0.3 is 4.74 Å². The van der Waals surface area contributed by atoms with Crippen LogP contribution in [-0.4, -0.2) is 11.9 Å². The summed E-state index contributed by atoms with van der Waals surface area (Å²) in [7, 11) is 0. The highest BCUT2D eigenvalue weighted by atomic mass is 79.9. The first-order valence-corrected chi connectivity index (χ1v) is 22.9. The van der Waals surface area contributed by atoms with Gasteiger partial charge in [0.15, 0.2) is 0 Å². The Bertz CT molecular complexity index is 3050. The van der Waals surface area contributed by atoms with E-state index in [1.807, 2.05) is 0 Å². The van der Waals surface area contributed by atoms with Crippen LogP contribution in [-0.2, 0) is 0 Å². The van der Waals surface area contributed by atoms with Crippen molar-refractivity contribution in [1.82, 2.24) is 0 Å². The lowest BCUT2D eigenvalue weighted by Gasteiger charge is -2.17. The standard InChI is InChI=1S/C61H43BrO/c62-30-13-31-63-53-39-47(45-33-49(58-26-9-18-41-14-1-5-22-54(41)58)37-50(34-45)59-27-10-19-42-15-2-6-23-55(42)59)32-48(40-53)46-35-51(60-28-11-20-43-16-3-7-24-56(43)60)38-52(36-46)61-29-12-21-44-17-4-8-25-57(44)61/h1-12,14-29,32-40H,13,30-31H2. The first-order chi connectivity index (χ1) is 31.2. The zero-order valence-electron chi connectivity index (χ0n) is 34.8. The van der Waals surface area contributed by atoms with Crippen LogP contribution in [0.3, 0.4) is 0 Å². The molecule has 0 aliphatic rings. The van der Waals surface area contributed by atoms with Gasteiger partial charge in [-0.25, -0.2) is 0 Å². The number of benzene rings is 11. The molecule has 0 aromatic heterocycles. The maximum Gasteiger partial charge on any atom is 0.120 e. The van der Waals surface area contributed by atoms with Gasteiger partial charge in [-0.1, -0.05) is 186 Å². The molecule has 11 aromatic carbocycles. The minimum absolute atomic E-state index is 0.614. The molecule has 0 fully saturated rings. The molecule has 0 atom stereocenters. The van der Waals surface area contributed by atoms with E-state index in [-0.39, 0.29) is 0 Å². The van der Waals surface area contributed by atoms with Gasteiger partial charge in [0.1, 0.15) is 5.75 Å². The molecule has 300 valence electrons. The van der Waals surface area contributed by atoms with Crippen LogP contribution in [0, 0.1) is 0 Å². The smallest absolute Gasteiger partial charge is 0.120 e. The van der Waals surface area contributed by atoms with Crippen LogP contribution < -0.4 is 4.74 Å². The van der Waals surface area contributed by atoms with Gasteiger partial charge in [0.05, 0.1) is 6.61 Å². The van der Waals surface area contributed by atoms with Crippen LogP contribution in [0.2, 0.25) is 0 Å². The second-order valence-electron chi connectivity index (χ2n) is 16.3. The van der Waals surface area contributed by atoms with E-state index >= 15 is 0 Å². The summed E-state index contributed by atoms with van der Waals surface area (Å²) >= 11 is 3.63. The van der Waals surface area contributed by atoms with E-state index in [9.17, 15) is 0 Å². The van der Waals surface area contributed by atoms with E-state index in [2.05, 4.69) is 240 Å². The summed E-state index contributed by atoms with van der Waals surface area (Å²) in [6.45, 7) is 0.614. The zero-order valence-corrected chi connectivity index (χ0v) is 36.4. The van der Waals surface area contributed by atoms with Crippen molar-refractivity contribution in [3.8, 4) is 72.5 Å². The molecule has 11 aromatic rings. The molecule has 0 aliphatic carbocycles. The maximum absolute atomic E-state index is 6.63. The van der Waals surface area contributed by atoms with Gasteiger partial charge in [-0.15, -0.1) is 0 Å². The molecular weight excluding hydrogens is 829 g/mol. The molecule has 11 rings (SSSR count).